The highest BCUT2D eigenvalue weighted by atomic mass is 32.1. The van der Waals surface area contributed by atoms with Crippen molar-refractivity contribution < 1.29 is 4.74 Å². The largest absolute Gasteiger partial charge is 0.383 e. The Kier molecular flexibility index (Phi) is 13.0. The van der Waals surface area contributed by atoms with Crippen LogP contribution in [-0.4, -0.2) is 55.2 Å². The average molecular weight is 657 g/mol. The zero-order chi connectivity index (χ0) is 31.9. The Bertz CT molecular complexity index is 1490. The van der Waals surface area contributed by atoms with Gasteiger partial charge in [0.05, 0.1) is 12.3 Å². The lowest BCUT2D eigenvalue weighted by Gasteiger charge is -2.27. The molecule has 5 N–H and O–H groups in total. The summed E-state index contributed by atoms with van der Waals surface area (Å²) in [5, 5.41) is 22.7. The molecular formula is C34H39N7OPS2+. The first-order valence-corrected chi connectivity index (χ1v) is 17.3. The number of ether oxygens (including phenoxy) is 1. The second-order valence-electron chi connectivity index (χ2n) is 9.90. The number of nitrogens with zero attached hydrogens (tertiary/aromatic N) is 2. The van der Waals surface area contributed by atoms with Crippen molar-refractivity contribution in [2.24, 2.45) is 10.2 Å². The predicted octanol–water partition coefficient (Wildman–Crippen LogP) is 4.33. The first kappa shape index (κ1) is 33.7. The Morgan fingerprint density at radius 1 is 0.667 bits per heavy atom. The monoisotopic (exact) mass is 656 g/mol. The van der Waals surface area contributed by atoms with E-state index < -0.39 is 7.26 Å². The van der Waals surface area contributed by atoms with E-state index in [1.165, 1.54) is 15.9 Å². The van der Waals surface area contributed by atoms with Crippen LogP contribution in [0.3, 0.4) is 0 Å². The van der Waals surface area contributed by atoms with Gasteiger partial charge in [-0.1, -0.05) is 66.7 Å². The van der Waals surface area contributed by atoms with Gasteiger partial charge in [0.25, 0.3) is 0 Å². The van der Waals surface area contributed by atoms with Crippen molar-refractivity contribution in [2.45, 2.75) is 6.92 Å². The lowest BCUT2D eigenvalue weighted by molar-refractivity contribution is 0.191. The summed E-state index contributed by atoms with van der Waals surface area (Å²) < 4.78 is 6.50. The lowest BCUT2D eigenvalue weighted by Crippen LogP contribution is -2.34. The highest BCUT2D eigenvalue weighted by Gasteiger charge is 2.45. The molecule has 0 aliphatic carbocycles. The molecule has 0 atom stereocenters. The molecule has 0 spiro atoms. The molecule has 4 aromatic carbocycles. The Hall–Kier alpha value is -4.21. The van der Waals surface area contributed by atoms with Gasteiger partial charge in [-0.05, 0) is 79.9 Å². The molecule has 0 saturated carbocycles. The maximum absolute atomic E-state index is 6.50. The molecule has 0 saturated heterocycles. The minimum atomic E-state index is -2.03. The Balaban J connectivity index is 1.46. The summed E-state index contributed by atoms with van der Waals surface area (Å²) in [6.45, 7) is 3.06. The maximum Gasteiger partial charge on any atom is 0.186 e. The number of nitrogens with one attached hydrogen (secondary N) is 5. The van der Waals surface area contributed by atoms with Crippen LogP contribution in [0, 0.1) is 0 Å². The van der Waals surface area contributed by atoms with E-state index in [1.807, 2.05) is 31.2 Å². The van der Waals surface area contributed by atoms with Crippen molar-refractivity contribution in [3.05, 3.63) is 121 Å². The van der Waals surface area contributed by atoms with Crippen molar-refractivity contribution in [2.75, 3.05) is 38.9 Å². The molecule has 0 radical (unpaired) electrons. The third kappa shape index (κ3) is 9.15. The summed E-state index contributed by atoms with van der Waals surface area (Å²) in [5.74, 6) is 0. The molecule has 0 fully saturated rings. The summed E-state index contributed by atoms with van der Waals surface area (Å²) in [5.41, 5.74) is 8.74. The van der Waals surface area contributed by atoms with Crippen LogP contribution in [0.15, 0.2) is 125 Å². The number of hydrogen-bond donors (Lipinski definition) is 5. The van der Waals surface area contributed by atoms with Crippen molar-refractivity contribution in [1.29, 1.82) is 0 Å². The van der Waals surface area contributed by atoms with Gasteiger partial charge in [0.15, 0.2) is 16.6 Å². The van der Waals surface area contributed by atoms with Crippen molar-refractivity contribution in [3.8, 4) is 0 Å². The number of rotatable bonds is 13. The van der Waals surface area contributed by atoms with Gasteiger partial charge < -0.3 is 20.7 Å². The van der Waals surface area contributed by atoms with Crippen LogP contribution < -0.4 is 42.7 Å². The van der Waals surface area contributed by atoms with Gasteiger partial charge in [0, 0.05) is 31.9 Å². The minimum Gasteiger partial charge on any atom is -0.383 e. The van der Waals surface area contributed by atoms with E-state index in [9.17, 15) is 0 Å². The number of benzene rings is 4. The number of thiocarbonyl (C=S) groups is 2. The third-order valence-electron chi connectivity index (χ3n) is 7.00. The fourth-order valence-electron chi connectivity index (χ4n) is 4.69. The van der Waals surface area contributed by atoms with E-state index in [2.05, 4.69) is 128 Å². The van der Waals surface area contributed by atoms with E-state index in [0.717, 1.165) is 11.3 Å². The molecule has 0 aliphatic heterocycles. The van der Waals surface area contributed by atoms with Gasteiger partial charge in [0.1, 0.15) is 28.9 Å². The van der Waals surface area contributed by atoms with Crippen LogP contribution in [0.1, 0.15) is 12.5 Å². The molecule has 0 heterocycles. The van der Waals surface area contributed by atoms with Crippen molar-refractivity contribution in [1.82, 2.24) is 21.5 Å². The Morgan fingerprint density at radius 3 is 1.60 bits per heavy atom. The first-order chi connectivity index (χ1) is 22.0. The normalized spacial score (nSPS) is 11.8. The van der Waals surface area contributed by atoms with Gasteiger partial charge in [0.2, 0.25) is 0 Å². The first-order valence-electron chi connectivity index (χ1n) is 14.5. The van der Waals surface area contributed by atoms with Gasteiger partial charge in [-0.3, -0.25) is 10.9 Å². The van der Waals surface area contributed by atoms with Crippen LogP contribution in [0.25, 0.3) is 0 Å². The van der Waals surface area contributed by atoms with Crippen LogP contribution in [0.5, 0.6) is 0 Å². The SMILES string of the molecule is CNC(=S)NN=C(C)C(=NNC(=S)NC)c1ccc(NCCOC[P+](c2ccccc2)(c2ccccc2)c2ccccc2)cc1. The van der Waals surface area contributed by atoms with Crippen LogP contribution in [-0.2, 0) is 4.74 Å². The maximum atomic E-state index is 6.50. The van der Waals surface area contributed by atoms with Crippen molar-refractivity contribution >= 4 is 74.9 Å². The van der Waals surface area contributed by atoms with E-state index in [-0.39, 0.29) is 0 Å². The minimum absolute atomic E-state index is 0.399. The fourth-order valence-corrected chi connectivity index (χ4v) is 8.57. The van der Waals surface area contributed by atoms with E-state index >= 15 is 0 Å². The van der Waals surface area contributed by atoms with Crippen LogP contribution in [0.4, 0.5) is 5.69 Å². The number of hydrazone groups is 2. The van der Waals surface area contributed by atoms with E-state index in [4.69, 9.17) is 29.2 Å². The predicted molar refractivity (Wildman–Crippen MR) is 200 cm³/mol. The summed E-state index contributed by atoms with van der Waals surface area (Å²) in [6.07, 6.45) is 0.608. The summed E-state index contributed by atoms with van der Waals surface area (Å²) in [7, 11) is 1.43. The molecular weight excluding hydrogens is 618 g/mol. The standard InChI is InChI=1S/C34H38N7OPS2/c1-26(38-40-33(44)35-2)32(39-41-34(45)36-3)27-19-21-28(22-20-27)37-23-24-42-25-43(29-13-7-4-8-14-29,30-15-9-5-10-16-30)31-17-11-6-12-18-31/h4-22H,23-25H2,1-3H3,(H4-,35,36,37,38,39,40,41,44,45)/p+1. The quantitative estimate of drug-likeness (QED) is 0.0478. The van der Waals surface area contributed by atoms with Gasteiger partial charge in [-0.15, -0.1) is 0 Å². The highest BCUT2D eigenvalue weighted by molar-refractivity contribution is 7.95. The van der Waals surface area contributed by atoms with Crippen LogP contribution >= 0.6 is 31.7 Å². The van der Waals surface area contributed by atoms with E-state index in [0.29, 0.717) is 41.1 Å². The molecule has 4 aromatic rings. The summed E-state index contributed by atoms with van der Waals surface area (Å²) >= 11 is 10.3. The van der Waals surface area contributed by atoms with Crippen molar-refractivity contribution in [3.63, 3.8) is 0 Å². The molecule has 4 rings (SSSR count). The molecule has 232 valence electrons. The number of hydrogen-bond acceptors (Lipinski definition) is 6. The molecule has 0 aliphatic rings. The zero-order valence-electron chi connectivity index (χ0n) is 25.7. The highest BCUT2D eigenvalue weighted by Crippen LogP contribution is 2.55. The van der Waals surface area contributed by atoms with Gasteiger partial charge in [-0.25, -0.2) is 0 Å². The Morgan fingerprint density at radius 2 is 1.13 bits per heavy atom. The molecule has 0 aromatic heterocycles. The molecule has 8 nitrogen and oxygen atoms in total. The molecule has 0 bridgehead atoms. The lowest BCUT2D eigenvalue weighted by atomic mass is 10.1. The molecule has 45 heavy (non-hydrogen) atoms. The number of anilines is 1. The third-order valence-corrected chi connectivity index (χ3v) is 11.7. The summed E-state index contributed by atoms with van der Waals surface area (Å²) in [6, 6.07) is 40.3. The molecule has 11 heteroatoms. The van der Waals surface area contributed by atoms with Gasteiger partial charge >= 0.3 is 0 Å². The fraction of sp³-hybridized carbons (Fsp3) is 0.176. The average Bonchev–Trinajstić information content (AvgIpc) is 3.10. The Labute approximate surface area is 277 Å². The second kappa shape index (κ2) is 17.3. The molecule has 0 unspecified atom stereocenters. The van der Waals surface area contributed by atoms with Crippen LogP contribution in [0.2, 0.25) is 0 Å². The van der Waals surface area contributed by atoms with E-state index in [1.54, 1.807) is 14.1 Å². The second-order valence-corrected chi connectivity index (χ2v) is 14.1. The summed E-state index contributed by atoms with van der Waals surface area (Å²) in [4.78, 5) is 0. The van der Waals surface area contributed by atoms with Gasteiger partial charge in [-0.2, -0.15) is 10.2 Å². The zero-order valence-corrected chi connectivity index (χ0v) is 28.2. The smallest absolute Gasteiger partial charge is 0.186 e. The topological polar surface area (TPSA) is 94.1 Å². The molecule has 0 amide bonds.